The number of carboxylic acid groups (broad SMARTS) is 1. The van der Waals surface area contributed by atoms with E-state index in [9.17, 15) is 22.8 Å². The number of aromatic amines is 1. The molecular formula is C7H6F3NO4. The molecule has 5 nitrogen and oxygen atoms in total. The number of alkyl halides is 3. The molecule has 0 aliphatic heterocycles. The minimum absolute atomic E-state index is 0.496. The highest BCUT2D eigenvalue weighted by atomic mass is 19.4. The molecule has 0 atom stereocenters. The van der Waals surface area contributed by atoms with Crippen LogP contribution in [0.25, 0.3) is 0 Å². The third-order valence-electron chi connectivity index (χ3n) is 1.57. The van der Waals surface area contributed by atoms with Gasteiger partial charge in [-0.05, 0) is 0 Å². The lowest BCUT2D eigenvalue weighted by Gasteiger charge is -2.03. The van der Waals surface area contributed by atoms with Crippen LogP contribution < -0.4 is 5.56 Å². The number of rotatable bonds is 3. The van der Waals surface area contributed by atoms with Crippen LogP contribution in [0.2, 0.25) is 0 Å². The summed E-state index contributed by atoms with van der Waals surface area (Å²) in [6.45, 7) is 0. The van der Waals surface area contributed by atoms with Crippen LogP contribution in [0.1, 0.15) is 11.3 Å². The highest BCUT2D eigenvalue weighted by Crippen LogP contribution is 2.21. The fraction of sp³-hybridized carbons (Fsp3) is 0.429. The van der Waals surface area contributed by atoms with Crippen LogP contribution >= 0.6 is 0 Å². The van der Waals surface area contributed by atoms with E-state index in [2.05, 4.69) is 4.52 Å². The van der Waals surface area contributed by atoms with Gasteiger partial charge >= 0.3 is 12.1 Å². The van der Waals surface area contributed by atoms with E-state index in [-0.39, 0.29) is 0 Å². The first-order chi connectivity index (χ1) is 6.79. The van der Waals surface area contributed by atoms with Crippen molar-refractivity contribution in [3.8, 4) is 0 Å². The molecule has 1 rings (SSSR count). The fourth-order valence-corrected chi connectivity index (χ4v) is 1.02. The van der Waals surface area contributed by atoms with Crippen LogP contribution in [0.5, 0.6) is 0 Å². The molecule has 0 spiro atoms. The van der Waals surface area contributed by atoms with Gasteiger partial charge in [0, 0.05) is 0 Å². The first-order valence-electron chi connectivity index (χ1n) is 3.77. The molecule has 2 N–H and O–H groups in total. The lowest BCUT2D eigenvalue weighted by atomic mass is 10.1. The molecule has 0 saturated carbocycles. The standard InChI is InChI=1S/C7H6F3NO4/c8-7(9,10)2-3-4(1-5(12)13)15-11-6(3)14/h1-2H2,(H,11,14)(H,12,13). The number of halogens is 3. The summed E-state index contributed by atoms with van der Waals surface area (Å²) in [7, 11) is 0. The Labute approximate surface area is 80.5 Å². The summed E-state index contributed by atoms with van der Waals surface area (Å²) in [5.41, 5.74) is -1.74. The van der Waals surface area contributed by atoms with E-state index in [1.54, 1.807) is 5.16 Å². The number of carboxylic acids is 1. The molecule has 8 heteroatoms. The SMILES string of the molecule is O=C(O)Cc1o[nH]c(=O)c1CC(F)(F)F. The topological polar surface area (TPSA) is 83.3 Å². The first kappa shape index (κ1) is 11.3. The van der Waals surface area contributed by atoms with E-state index in [1.807, 2.05) is 0 Å². The second-order valence-corrected chi connectivity index (χ2v) is 2.80. The maximum absolute atomic E-state index is 12.0. The zero-order chi connectivity index (χ0) is 11.6. The smallest absolute Gasteiger partial charge is 0.393 e. The van der Waals surface area contributed by atoms with E-state index >= 15 is 0 Å². The number of carbonyl (C=O) groups is 1. The van der Waals surface area contributed by atoms with E-state index in [4.69, 9.17) is 5.11 Å². The molecule has 0 bridgehead atoms. The summed E-state index contributed by atoms with van der Waals surface area (Å²) in [6.07, 6.45) is -6.84. The van der Waals surface area contributed by atoms with Crippen molar-refractivity contribution < 1.29 is 27.6 Å². The molecule has 0 amide bonds. The van der Waals surface area contributed by atoms with Crippen LogP contribution in [0.3, 0.4) is 0 Å². The molecule has 0 aliphatic carbocycles. The van der Waals surface area contributed by atoms with Gasteiger partial charge in [-0.1, -0.05) is 0 Å². The molecule has 15 heavy (non-hydrogen) atoms. The highest BCUT2D eigenvalue weighted by Gasteiger charge is 2.32. The summed E-state index contributed by atoms with van der Waals surface area (Å²) >= 11 is 0. The van der Waals surface area contributed by atoms with E-state index < -0.39 is 41.9 Å². The van der Waals surface area contributed by atoms with Crippen LogP contribution in [0, 0.1) is 0 Å². The molecule has 0 fully saturated rings. The van der Waals surface area contributed by atoms with Gasteiger partial charge in [-0.15, -0.1) is 0 Å². The van der Waals surface area contributed by atoms with Crippen molar-refractivity contribution in [3.63, 3.8) is 0 Å². The van der Waals surface area contributed by atoms with Crippen molar-refractivity contribution in [1.82, 2.24) is 5.16 Å². The minimum atomic E-state index is -4.58. The number of hydrogen-bond donors (Lipinski definition) is 2. The summed E-state index contributed by atoms with van der Waals surface area (Å²) in [5.74, 6) is -1.87. The Kier molecular flexibility index (Phi) is 2.87. The first-order valence-corrected chi connectivity index (χ1v) is 3.77. The average molecular weight is 225 g/mol. The third-order valence-corrected chi connectivity index (χ3v) is 1.57. The predicted octanol–water partition coefficient (Wildman–Crippen LogP) is 0.700. The molecule has 1 aromatic heterocycles. The number of hydrogen-bond acceptors (Lipinski definition) is 3. The summed E-state index contributed by atoms with van der Waals surface area (Å²) in [4.78, 5) is 21.1. The van der Waals surface area contributed by atoms with Gasteiger partial charge in [-0.3, -0.25) is 9.59 Å². The Balaban J connectivity index is 2.99. The van der Waals surface area contributed by atoms with Gasteiger partial charge in [0.25, 0.3) is 5.56 Å². The zero-order valence-corrected chi connectivity index (χ0v) is 7.22. The number of H-pyrrole nitrogens is 1. The van der Waals surface area contributed by atoms with Crippen LogP contribution in [0.4, 0.5) is 13.2 Å². The van der Waals surface area contributed by atoms with Gasteiger partial charge in [-0.25, -0.2) is 0 Å². The van der Waals surface area contributed by atoms with Gasteiger partial charge in [0.1, 0.15) is 6.42 Å². The molecule has 0 saturated heterocycles. The second-order valence-electron chi connectivity index (χ2n) is 2.80. The van der Waals surface area contributed by atoms with Crippen molar-refractivity contribution >= 4 is 5.97 Å². The molecule has 84 valence electrons. The minimum Gasteiger partial charge on any atom is -0.481 e. The molecule has 0 unspecified atom stereocenters. The molecular weight excluding hydrogens is 219 g/mol. The molecule has 0 radical (unpaired) electrons. The Morgan fingerprint density at radius 1 is 1.47 bits per heavy atom. The van der Waals surface area contributed by atoms with Gasteiger partial charge in [0.05, 0.1) is 12.0 Å². The van der Waals surface area contributed by atoms with Crippen molar-refractivity contribution in [2.24, 2.45) is 0 Å². The van der Waals surface area contributed by atoms with Crippen molar-refractivity contribution in [2.45, 2.75) is 19.0 Å². The Morgan fingerprint density at radius 3 is 2.53 bits per heavy atom. The van der Waals surface area contributed by atoms with Crippen molar-refractivity contribution in [3.05, 3.63) is 21.7 Å². The van der Waals surface area contributed by atoms with Crippen LogP contribution in [0.15, 0.2) is 9.32 Å². The quantitative estimate of drug-likeness (QED) is 0.793. The lowest BCUT2D eigenvalue weighted by Crippen LogP contribution is -2.19. The average Bonchev–Trinajstić information content (AvgIpc) is 2.32. The number of aromatic nitrogens is 1. The molecule has 1 heterocycles. The largest absolute Gasteiger partial charge is 0.481 e. The van der Waals surface area contributed by atoms with E-state index in [0.29, 0.717) is 0 Å². The maximum Gasteiger partial charge on any atom is 0.393 e. The van der Waals surface area contributed by atoms with Gasteiger partial charge in [0.15, 0.2) is 5.76 Å². The third kappa shape index (κ3) is 3.15. The molecule has 0 aliphatic rings. The van der Waals surface area contributed by atoms with Crippen LogP contribution in [-0.4, -0.2) is 22.4 Å². The van der Waals surface area contributed by atoms with Crippen LogP contribution in [-0.2, 0) is 17.6 Å². The zero-order valence-electron chi connectivity index (χ0n) is 7.22. The molecule has 1 aromatic rings. The Bertz CT molecular complexity index is 417. The Morgan fingerprint density at radius 2 is 2.07 bits per heavy atom. The van der Waals surface area contributed by atoms with E-state index in [0.717, 1.165) is 0 Å². The van der Waals surface area contributed by atoms with Gasteiger partial charge in [-0.2, -0.15) is 18.3 Å². The van der Waals surface area contributed by atoms with Crippen molar-refractivity contribution in [2.75, 3.05) is 0 Å². The summed E-state index contributed by atoms with van der Waals surface area (Å²) in [5, 5.41) is 10.0. The lowest BCUT2D eigenvalue weighted by molar-refractivity contribution is -0.137. The Hall–Kier alpha value is -1.73. The van der Waals surface area contributed by atoms with E-state index in [1.165, 1.54) is 0 Å². The normalized spacial score (nSPS) is 11.7. The van der Waals surface area contributed by atoms with Crippen molar-refractivity contribution in [1.29, 1.82) is 0 Å². The predicted molar refractivity (Wildman–Crippen MR) is 40.4 cm³/mol. The summed E-state index contributed by atoms with van der Waals surface area (Å²) < 4.78 is 40.3. The van der Waals surface area contributed by atoms with Gasteiger partial charge in [0.2, 0.25) is 0 Å². The fourth-order valence-electron chi connectivity index (χ4n) is 1.02. The summed E-state index contributed by atoms with van der Waals surface area (Å²) in [6, 6.07) is 0. The maximum atomic E-state index is 12.0. The van der Waals surface area contributed by atoms with Gasteiger partial charge < -0.3 is 9.63 Å². The highest BCUT2D eigenvalue weighted by molar-refractivity contribution is 5.69. The number of aliphatic carboxylic acids is 1. The number of nitrogens with one attached hydrogen (secondary N) is 1. The monoisotopic (exact) mass is 225 g/mol. The molecule has 0 aromatic carbocycles. The second kappa shape index (κ2) is 3.79.